The van der Waals surface area contributed by atoms with Crippen LogP contribution in [0.3, 0.4) is 0 Å². The van der Waals surface area contributed by atoms with Gasteiger partial charge in [0.15, 0.2) is 0 Å². The number of aryl methyl sites for hydroxylation is 1. The van der Waals surface area contributed by atoms with Gasteiger partial charge in [0.25, 0.3) is 5.91 Å². The van der Waals surface area contributed by atoms with E-state index < -0.39 is 0 Å². The molecule has 1 aliphatic rings. The number of likely N-dealkylation sites (tertiary alicyclic amines) is 1. The summed E-state index contributed by atoms with van der Waals surface area (Å²) < 4.78 is 0. The van der Waals surface area contributed by atoms with Gasteiger partial charge < -0.3 is 10.6 Å². The molecule has 1 unspecified atom stereocenters. The highest BCUT2D eigenvalue weighted by atomic mass is 16.2. The molecular formula is C20H31N3O2. The molecule has 1 saturated heterocycles. The molecule has 0 bridgehead atoms. The lowest BCUT2D eigenvalue weighted by Crippen LogP contribution is -2.48. The molecule has 1 fully saturated rings. The van der Waals surface area contributed by atoms with Crippen LogP contribution in [0.5, 0.6) is 0 Å². The van der Waals surface area contributed by atoms with Gasteiger partial charge in [-0.05, 0) is 44.2 Å². The number of amides is 2. The molecule has 0 spiro atoms. The smallest absolute Gasteiger partial charge is 0.251 e. The van der Waals surface area contributed by atoms with Gasteiger partial charge >= 0.3 is 0 Å². The molecule has 1 atom stereocenters. The molecule has 5 heteroatoms. The monoisotopic (exact) mass is 345 g/mol. The van der Waals surface area contributed by atoms with E-state index in [-0.39, 0.29) is 23.9 Å². The van der Waals surface area contributed by atoms with Crippen molar-refractivity contribution >= 4 is 11.8 Å². The molecule has 0 saturated carbocycles. The van der Waals surface area contributed by atoms with E-state index in [9.17, 15) is 9.59 Å². The van der Waals surface area contributed by atoms with Crippen molar-refractivity contribution in [2.24, 2.45) is 5.92 Å². The maximum absolute atomic E-state index is 12.4. The van der Waals surface area contributed by atoms with Gasteiger partial charge in [0.05, 0.1) is 6.54 Å². The van der Waals surface area contributed by atoms with E-state index in [1.807, 2.05) is 38.1 Å². The molecule has 1 aliphatic heterocycles. The second-order valence-corrected chi connectivity index (χ2v) is 7.44. The van der Waals surface area contributed by atoms with Crippen molar-refractivity contribution in [2.75, 3.05) is 19.6 Å². The Balaban J connectivity index is 1.75. The van der Waals surface area contributed by atoms with Gasteiger partial charge in [-0.3, -0.25) is 14.5 Å². The van der Waals surface area contributed by atoms with Gasteiger partial charge in [-0.2, -0.15) is 0 Å². The number of carbonyl (C=O) groups is 2. The molecule has 2 N–H and O–H groups in total. The molecule has 0 aliphatic carbocycles. The summed E-state index contributed by atoms with van der Waals surface area (Å²) in [5, 5.41) is 6.18. The van der Waals surface area contributed by atoms with E-state index in [1.165, 1.54) is 0 Å². The average molecular weight is 345 g/mol. The lowest BCUT2D eigenvalue weighted by molar-refractivity contribution is -0.123. The summed E-state index contributed by atoms with van der Waals surface area (Å²) in [6, 6.07) is 8.02. The third kappa shape index (κ3) is 5.85. The number of rotatable bonds is 6. The Morgan fingerprint density at radius 1 is 1.16 bits per heavy atom. The first kappa shape index (κ1) is 19.4. The lowest BCUT2D eigenvalue weighted by Gasteiger charge is -2.32. The Morgan fingerprint density at radius 3 is 2.40 bits per heavy atom. The number of benzene rings is 1. The van der Waals surface area contributed by atoms with Crippen molar-refractivity contribution in [1.82, 2.24) is 15.5 Å². The highest BCUT2D eigenvalue weighted by Crippen LogP contribution is 2.13. The van der Waals surface area contributed by atoms with Crippen LogP contribution >= 0.6 is 0 Å². The van der Waals surface area contributed by atoms with Crippen LogP contribution in [0.4, 0.5) is 0 Å². The van der Waals surface area contributed by atoms with Crippen molar-refractivity contribution in [3.63, 3.8) is 0 Å². The Kier molecular flexibility index (Phi) is 7.00. The quantitative estimate of drug-likeness (QED) is 0.832. The fourth-order valence-electron chi connectivity index (χ4n) is 3.00. The number of hydrogen-bond donors (Lipinski definition) is 2. The van der Waals surface area contributed by atoms with Crippen molar-refractivity contribution < 1.29 is 9.59 Å². The molecular weight excluding hydrogens is 314 g/mol. The zero-order valence-corrected chi connectivity index (χ0v) is 15.8. The first-order valence-electron chi connectivity index (χ1n) is 9.25. The van der Waals surface area contributed by atoms with E-state index >= 15 is 0 Å². The zero-order valence-electron chi connectivity index (χ0n) is 15.8. The topological polar surface area (TPSA) is 61.4 Å². The molecule has 1 aromatic carbocycles. The third-order valence-electron chi connectivity index (χ3n) is 5.07. The molecule has 25 heavy (non-hydrogen) atoms. The van der Waals surface area contributed by atoms with Crippen LogP contribution in [0.1, 0.15) is 49.5 Å². The van der Waals surface area contributed by atoms with Gasteiger partial charge in [0.2, 0.25) is 5.91 Å². The summed E-state index contributed by atoms with van der Waals surface area (Å²) in [5.41, 5.74) is 1.74. The van der Waals surface area contributed by atoms with Crippen molar-refractivity contribution in [2.45, 2.75) is 52.6 Å². The number of hydrogen-bond acceptors (Lipinski definition) is 3. The predicted octanol–water partition coefficient (Wildman–Crippen LogP) is 2.35. The van der Waals surface area contributed by atoms with Gasteiger partial charge in [-0.25, -0.2) is 0 Å². The minimum absolute atomic E-state index is 0.0000475. The SMILES string of the molecule is Cc1ccccc1C(=O)NC1CCN(CC(=O)NC(C)C(C)C)CC1. The van der Waals surface area contributed by atoms with Crippen molar-refractivity contribution in [3.05, 3.63) is 35.4 Å². The summed E-state index contributed by atoms with van der Waals surface area (Å²) in [6.07, 6.45) is 1.76. The van der Waals surface area contributed by atoms with Crippen molar-refractivity contribution in [1.29, 1.82) is 0 Å². The molecule has 0 radical (unpaired) electrons. The minimum atomic E-state index is 0.0000475. The predicted molar refractivity (Wildman–Crippen MR) is 101 cm³/mol. The Bertz CT molecular complexity index is 592. The fraction of sp³-hybridized carbons (Fsp3) is 0.600. The summed E-state index contributed by atoms with van der Waals surface area (Å²) >= 11 is 0. The molecule has 5 nitrogen and oxygen atoms in total. The van der Waals surface area contributed by atoms with Crippen LogP contribution in [-0.4, -0.2) is 48.4 Å². The third-order valence-corrected chi connectivity index (χ3v) is 5.07. The summed E-state index contributed by atoms with van der Waals surface area (Å²) in [6.45, 7) is 10.3. The maximum atomic E-state index is 12.4. The van der Waals surface area contributed by atoms with E-state index in [2.05, 4.69) is 29.4 Å². The molecule has 1 heterocycles. The number of piperidine rings is 1. The Morgan fingerprint density at radius 2 is 1.80 bits per heavy atom. The lowest BCUT2D eigenvalue weighted by atomic mass is 10.0. The first-order valence-corrected chi connectivity index (χ1v) is 9.25. The van der Waals surface area contributed by atoms with Crippen LogP contribution in [0, 0.1) is 12.8 Å². The highest BCUT2D eigenvalue weighted by molar-refractivity contribution is 5.95. The van der Waals surface area contributed by atoms with Gasteiger partial charge in [-0.1, -0.05) is 32.0 Å². The molecule has 2 rings (SSSR count). The fourth-order valence-corrected chi connectivity index (χ4v) is 3.00. The Labute approximate surface area is 151 Å². The largest absolute Gasteiger partial charge is 0.352 e. The number of nitrogens with one attached hydrogen (secondary N) is 2. The first-order chi connectivity index (χ1) is 11.9. The van der Waals surface area contributed by atoms with Gasteiger partial charge in [0.1, 0.15) is 0 Å². The maximum Gasteiger partial charge on any atom is 0.251 e. The van der Waals surface area contributed by atoms with Gasteiger partial charge in [-0.15, -0.1) is 0 Å². The second-order valence-electron chi connectivity index (χ2n) is 7.44. The zero-order chi connectivity index (χ0) is 18.4. The highest BCUT2D eigenvalue weighted by Gasteiger charge is 2.23. The Hall–Kier alpha value is -1.88. The number of carbonyl (C=O) groups excluding carboxylic acids is 2. The summed E-state index contributed by atoms with van der Waals surface area (Å²) in [4.78, 5) is 26.6. The van der Waals surface area contributed by atoms with E-state index in [1.54, 1.807) is 0 Å². The normalized spacial score (nSPS) is 17.3. The van der Waals surface area contributed by atoms with Crippen LogP contribution < -0.4 is 10.6 Å². The van der Waals surface area contributed by atoms with E-state index in [0.717, 1.165) is 37.1 Å². The van der Waals surface area contributed by atoms with Crippen LogP contribution in [0.15, 0.2) is 24.3 Å². The standard InChI is InChI=1S/C20H31N3O2/c1-14(2)16(4)21-19(24)13-23-11-9-17(10-12-23)22-20(25)18-8-6-5-7-15(18)3/h5-8,14,16-17H,9-13H2,1-4H3,(H,21,24)(H,22,25). The number of nitrogens with zero attached hydrogens (tertiary/aromatic N) is 1. The summed E-state index contributed by atoms with van der Waals surface area (Å²) in [7, 11) is 0. The molecule has 2 amide bonds. The minimum Gasteiger partial charge on any atom is -0.352 e. The molecule has 138 valence electrons. The average Bonchev–Trinajstić information content (AvgIpc) is 2.56. The van der Waals surface area contributed by atoms with Crippen LogP contribution in [0.25, 0.3) is 0 Å². The summed E-state index contributed by atoms with van der Waals surface area (Å²) in [5.74, 6) is 0.523. The molecule has 1 aromatic rings. The van der Waals surface area contributed by atoms with E-state index in [4.69, 9.17) is 0 Å². The van der Waals surface area contributed by atoms with E-state index in [0.29, 0.717) is 12.5 Å². The van der Waals surface area contributed by atoms with Crippen LogP contribution in [0.2, 0.25) is 0 Å². The molecule has 0 aromatic heterocycles. The second kappa shape index (κ2) is 8.99. The van der Waals surface area contributed by atoms with Crippen LogP contribution in [-0.2, 0) is 4.79 Å². The van der Waals surface area contributed by atoms with Crippen molar-refractivity contribution in [3.8, 4) is 0 Å². The van der Waals surface area contributed by atoms with Gasteiger partial charge in [0, 0.05) is 30.7 Å².